The Morgan fingerprint density at radius 2 is 2.26 bits per heavy atom. The van der Waals surface area contributed by atoms with Crippen molar-refractivity contribution in [3.05, 3.63) is 29.3 Å². The second kappa shape index (κ2) is 6.06. The van der Waals surface area contributed by atoms with Gasteiger partial charge in [-0.25, -0.2) is 4.79 Å². The zero-order valence-electron chi connectivity index (χ0n) is 11.6. The molecule has 1 aromatic carbocycles. The predicted molar refractivity (Wildman–Crippen MR) is 74.5 cm³/mol. The Kier molecular flexibility index (Phi) is 4.43. The number of hydrogen-bond acceptors (Lipinski definition) is 3. The summed E-state index contributed by atoms with van der Waals surface area (Å²) in [7, 11) is 0. The number of aliphatic hydroxyl groups excluding tert-OH is 1. The van der Waals surface area contributed by atoms with E-state index in [2.05, 4.69) is 6.92 Å². The molecule has 1 aliphatic heterocycles. The molecule has 1 amide bonds. The van der Waals surface area contributed by atoms with Crippen LogP contribution < -0.4 is 4.90 Å². The third-order valence-corrected chi connectivity index (χ3v) is 3.64. The van der Waals surface area contributed by atoms with Crippen LogP contribution in [0.15, 0.2) is 18.2 Å². The minimum atomic E-state index is -0.297. The number of carbonyl (C=O) groups excluding carboxylic acids is 1. The van der Waals surface area contributed by atoms with Crippen molar-refractivity contribution >= 4 is 11.8 Å². The largest absolute Gasteiger partial charge is 0.449 e. The van der Waals surface area contributed by atoms with E-state index < -0.39 is 0 Å². The number of hydrogen-bond donors (Lipinski definition) is 1. The molecule has 0 aliphatic carbocycles. The molecule has 1 fully saturated rings. The Morgan fingerprint density at radius 3 is 2.95 bits per heavy atom. The Labute approximate surface area is 114 Å². The maximum atomic E-state index is 12.1. The molecule has 0 radical (unpaired) electrons. The van der Waals surface area contributed by atoms with Gasteiger partial charge in [0.15, 0.2) is 0 Å². The fourth-order valence-corrected chi connectivity index (χ4v) is 2.68. The van der Waals surface area contributed by atoms with Gasteiger partial charge in [0.05, 0.1) is 12.3 Å². The lowest BCUT2D eigenvalue weighted by Gasteiger charge is -2.36. The maximum Gasteiger partial charge on any atom is 0.414 e. The Morgan fingerprint density at radius 1 is 1.47 bits per heavy atom. The van der Waals surface area contributed by atoms with Crippen molar-refractivity contribution in [2.24, 2.45) is 0 Å². The molecule has 1 N–H and O–H groups in total. The number of amides is 1. The van der Waals surface area contributed by atoms with Crippen LogP contribution >= 0.6 is 0 Å². The summed E-state index contributed by atoms with van der Waals surface area (Å²) >= 11 is 0. The zero-order valence-corrected chi connectivity index (χ0v) is 11.6. The minimum Gasteiger partial charge on any atom is -0.449 e. The van der Waals surface area contributed by atoms with Crippen LogP contribution in [0, 0.1) is 6.92 Å². The molecule has 0 bridgehead atoms. The summed E-state index contributed by atoms with van der Waals surface area (Å²) in [5.41, 5.74) is 3.16. The van der Waals surface area contributed by atoms with E-state index in [0.29, 0.717) is 13.0 Å². The van der Waals surface area contributed by atoms with Crippen LogP contribution in [0.25, 0.3) is 0 Å². The molecule has 1 heterocycles. The lowest BCUT2D eigenvalue weighted by molar-refractivity contribution is 0.124. The number of aliphatic hydroxyl groups is 1. The molecule has 0 spiro atoms. The second-order valence-electron chi connectivity index (χ2n) is 4.88. The van der Waals surface area contributed by atoms with Gasteiger partial charge < -0.3 is 9.84 Å². The maximum absolute atomic E-state index is 12.1. The first-order valence-corrected chi connectivity index (χ1v) is 6.84. The highest BCUT2D eigenvalue weighted by Crippen LogP contribution is 2.31. The molecule has 104 valence electrons. The molecule has 1 unspecified atom stereocenters. The van der Waals surface area contributed by atoms with Gasteiger partial charge in [0.1, 0.15) is 0 Å². The average molecular weight is 263 g/mol. The number of ether oxygens (including phenoxy) is 1. The van der Waals surface area contributed by atoms with Crippen LogP contribution in [-0.2, 0) is 11.2 Å². The van der Waals surface area contributed by atoms with E-state index in [1.807, 2.05) is 25.1 Å². The molecule has 0 aromatic heterocycles. The Bertz CT molecular complexity index is 457. The standard InChI is InChI=1S/C15H21NO3/c1-3-12-6-4-5-11(2)14(12)16-13(7-9-17)8-10-19-15(16)18/h4-6,13,17H,3,7-10H2,1-2H3. The van der Waals surface area contributed by atoms with Crippen LogP contribution in [0.5, 0.6) is 0 Å². The molecule has 4 nitrogen and oxygen atoms in total. The molecular weight excluding hydrogens is 242 g/mol. The van der Waals surface area contributed by atoms with Crippen LogP contribution in [-0.4, -0.2) is 30.5 Å². The molecule has 1 saturated heterocycles. The van der Waals surface area contributed by atoms with E-state index >= 15 is 0 Å². The van der Waals surface area contributed by atoms with Crippen LogP contribution in [0.4, 0.5) is 10.5 Å². The van der Waals surface area contributed by atoms with Gasteiger partial charge in [0.25, 0.3) is 0 Å². The van der Waals surface area contributed by atoms with Gasteiger partial charge in [-0.1, -0.05) is 25.1 Å². The molecule has 1 atom stereocenters. The van der Waals surface area contributed by atoms with Crippen LogP contribution in [0.3, 0.4) is 0 Å². The third kappa shape index (κ3) is 2.73. The zero-order chi connectivity index (χ0) is 13.8. The summed E-state index contributed by atoms with van der Waals surface area (Å²) in [5, 5.41) is 9.19. The molecular formula is C15H21NO3. The summed E-state index contributed by atoms with van der Waals surface area (Å²) in [6.45, 7) is 4.61. The van der Waals surface area contributed by atoms with E-state index in [0.717, 1.165) is 29.7 Å². The lowest BCUT2D eigenvalue weighted by Crippen LogP contribution is -2.47. The molecule has 1 aromatic rings. The third-order valence-electron chi connectivity index (χ3n) is 3.64. The van der Waals surface area contributed by atoms with Crippen molar-refractivity contribution in [2.75, 3.05) is 18.1 Å². The van der Waals surface area contributed by atoms with Gasteiger partial charge in [-0.3, -0.25) is 4.90 Å². The number of carbonyl (C=O) groups is 1. The van der Waals surface area contributed by atoms with E-state index in [1.165, 1.54) is 0 Å². The van der Waals surface area contributed by atoms with Gasteiger partial charge in [-0.2, -0.15) is 0 Å². The van der Waals surface area contributed by atoms with Crippen LogP contribution in [0.1, 0.15) is 30.9 Å². The molecule has 0 saturated carbocycles. The van der Waals surface area contributed by atoms with Crippen LogP contribution in [0.2, 0.25) is 0 Å². The Hall–Kier alpha value is -1.55. The number of cyclic esters (lactones) is 1. The molecule has 19 heavy (non-hydrogen) atoms. The molecule has 1 aliphatic rings. The summed E-state index contributed by atoms with van der Waals surface area (Å²) in [6, 6.07) is 6.08. The fraction of sp³-hybridized carbons (Fsp3) is 0.533. The molecule has 2 rings (SSSR count). The number of nitrogens with zero attached hydrogens (tertiary/aromatic N) is 1. The Balaban J connectivity index is 2.43. The fourth-order valence-electron chi connectivity index (χ4n) is 2.68. The highest BCUT2D eigenvalue weighted by atomic mass is 16.6. The number of aryl methyl sites for hydroxylation is 2. The van der Waals surface area contributed by atoms with E-state index in [4.69, 9.17) is 4.74 Å². The first kappa shape index (κ1) is 13.9. The van der Waals surface area contributed by atoms with Gasteiger partial charge in [0.2, 0.25) is 0 Å². The van der Waals surface area contributed by atoms with Crippen molar-refractivity contribution in [3.63, 3.8) is 0 Å². The van der Waals surface area contributed by atoms with E-state index in [9.17, 15) is 9.90 Å². The first-order chi connectivity index (χ1) is 9.19. The minimum absolute atomic E-state index is 0.0256. The van der Waals surface area contributed by atoms with Gasteiger partial charge in [-0.05, 0) is 30.9 Å². The van der Waals surface area contributed by atoms with Crippen molar-refractivity contribution in [1.29, 1.82) is 0 Å². The average Bonchev–Trinajstić information content (AvgIpc) is 2.40. The summed E-state index contributed by atoms with van der Waals surface area (Å²) in [5.74, 6) is 0. The summed E-state index contributed by atoms with van der Waals surface area (Å²) in [4.78, 5) is 13.9. The number of anilines is 1. The SMILES string of the molecule is CCc1cccc(C)c1N1C(=O)OCCC1CCO. The number of para-hydroxylation sites is 1. The van der Waals surface area contributed by atoms with Gasteiger partial charge >= 0.3 is 6.09 Å². The quantitative estimate of drug-likeness (QED) is 0.908. The first-order valence-electron chi connectivity index (χ1n) is 6.84. The van der Waals surface area contributed by atoms with Crippen molar-refractivity contribution in [2.45, 2.75) is 39.2 Å². The normalized spacial score (nSPS) is 19.4. The highest BCUT2D eigenvalue weighted by Gasteiger charge is 2.32. The van der Waals surface area contributed by atoms with Gasteiger partial charge in [-0.15, -0.1) is 0 Å². The summed E-state index contributed by atoms with van der Waals surface area (Å²) < 4.78 is 5.18. The van der Waals surface area contributed by atoms with Crippen molar-refractivity contribution in [3.8, 4) is 0 Å². The topological polar surface area (TPSA) is 49.8 Å². The van der Waals surface area contributed by atoms with Crippen molar-refractivity contribution in [1.82, 2.24) is 0 Å². The summed E-state index contributed by atoms with van der Waals surface area (Å²) in [6.07, 6.45) is 1.93. The highest BCUT2D eigenvalue weighted by molar-refractivity contribution is 5.91. The second-order valence-corrected chi connectivity index (χ2v) is 4.88. The predicted octanol–water partition coefficient (Wildman–Crippen LogP) is 2.66. The number of rotatable bonds is 4. The monoisotopic (exact) mass is 263 g/mol. The van der Waals surface area contributed by atoms with Crippen molar-refractivity contribution < 1.29 is 14.6 Å². The number of benzene rings is 1. The lowest BCUT2D eigenvalue weighted by atomic mass is 10.0. The van der Waals surface area contributed by atoms with E-state index in [-0.39, 0.29) is 18.7 Å². The smallest absolute Gasteiger partial charge is 0.414 e. The molecule has 4 heteroatoms. The van der Waals surface area contributed by atoms with Gasteiger partial charge in [0, 0.05) is 19.1 Å². The van der Waals surface area contributed by atoms with E-state index in [1.54, 1.807) is 4.90 Å².